The van der Waals surface area contributed by atoms with Gasteiger partial charge in [-0.25, -0.2) is 4.79 Å². The Kier molecular flexibility index (Phi) is 7.95. The van der Waals surface area contributed by atoms with Crippen molar-refractivity contribution < 1.29 is 14.3 Å². The van der Waals surface area contributed by atoms with Crippen LogP contribution in [0.4, 0.5) is 4.79 Å². The molecule has 0 radical (unpaired) electrons. The van der Waals surface area contributed by atoms with Crippen LogP contribution < -0.4 is 5.32 Å². The smallest absolute Gasteiger partial charge is 0.406 e. The molecule has 27 heavy (non-hydrogen) atoms. The lowest BCUT2D eigenvalue weighted by atomic mass is 9.85. The van der Waals surface area contributed by atoms with Crippen LogP contribution in [0.5, 0.6) is 0 Å². The molecule has 1 fully saturated rings. The number of halogens is 1. The Hall–Kier alpha value is -1.30. The Morgan fingerprint density at radius 2 is 2.15 bits per heavy atom. The van der Waals surface area contributed by atoms with E-state index in [-0.39, 0.29) is 11.6 Å². The summed E-state index contributed by atoms with van der Waals surface area (Å²) in [5.41, 5.74) is 2.46. The summed E-state index contributed by atoms with van der Waals surface area (Å²) >= 11 is 6.28. The highest BCUT2D eigenvalue weighted by Gasteiger charge is 2.33. The Balaban J connectivity index is 2.16. The van der Waals surface area contributed by atoms with E-state index in [9.17, 15) is 4.79 Å². The van der Waals surface area contributed by atoms with Crippen LogP contribution in [0.3, 0.4) is 0 Å². The van der Waals surface area contributed by atoms with Crippen LogP contribution in [-0.2, 0) is 9.47 Å². The average molecular weight is 397 g/mol. The van der Waals surface area contributed by atoms with Gasteiger partial charge in [0.2, 0.25) is 0 Å². The summed E-state index contributed by atoms with van der Waals surface area (Å²) in [7, 11) is 1.36. The second kappa shape index (κ2) is 9.76. The molecule has 5 nitrogen and oxygen atoms in total. The highest BCUT2D eigenvalue weighted by Crippen LogP contribution is 2.37. The zero-order valence-corrected chi connectivity index (χ0v) is 17.9. The predicted octanol–water partition coefficient (Wildman–Crippen LogP) is 4.57. The van der Waals surface area contributed by atoms with Gasteiger partial charge in [0.25, 0.3) is 0 Å². The largest absolute Gasteiger partial charge is 0.453 e. The highest BCUT2D eigenvalue weighted by atomic mass is 35.5. The number of carbonyl (C=O) groups is 1. The molecule has 0 bridgehead atoms. The molecule has 1 aliphatic rings. The number of alkyl carbamates (subject to hydrolysis) is 1. The lowest BCUT2D eigenvalue weighted by Crippen LogP contribution is -2.48. The predicted molar refractivity (Wildman–Crippen MR) is 109 cm³/mol. The number of rotatable bonds is 6. The van der Waals surface area contributed by atoms with Crippen LogP contribution in [0.1, 0.15) is 50.8 Å². The third-order valence-electron chi connectivity index (χ3n) is 5.24. The Morgan fingerprint density at radius 1 is 1.41 bits per heavy atom. The molecule has 2 atom stereocenters. The molecule has 1 amide bonds. The average Bonchev–Trinajstić information content (AvgIpc) is 2.63. The fourth-order valence-corrected chi connectivity index (χ4v) is 3.86. The molecule has 0 spiro atoms. The molecule has 0 aliphatic carbocycles. The first-order chi connectivity index (χ1) is 12.7. The molecule has 0 saturated carbocycles. The van der Waals surface area contributed by atoms with Crippen LogP contribution >= 0.6 is 11.6 Å². The van der Waals surface area contributed by atoms with Gasteiger partial charge >= 0.3 is 6.09 Å². The van der Waals surface area contributed by atoms with Crippen LogP contribution in [0.15, 0.2) is 18.2 Å². The maximum Gasteiger partial charge on any atom is 0.406 e. The van der Waals surface area contributed by atoms with Gasteiger partial charge in [0.1, 0.15) is 0 Å². The van der Waals surface area contributed by atoms with Crippen molar-refractivity contribution in [2.75, 3.05) is 33.4 Å². The van der Waals surface area contributed by atoms with E-state index in [1.165, 1.54) is 12.7 Å². The molecule has 6 heteroatoms. The van der Waals surface area contributed by atoms with Gasteiger partial charge in [0.15, 0.2) is 0 Å². The fraction of sp³-hybridized carbons (Fsp3) is 0.667. The first-order valence-electron chi connectivity index (χ1n) is 9.67. The summed E-state index contributed by atoms with van der Waals surface area (Å²) < 4.78 is 10.9. The van der Waals surface area contributed by atoms with Gasteiger partial charge in [-0.05, 0) is 70.3 Å². The second-order valence-corrected chi connectivity index (χ2v) is 8.67. The summed E-state index contributed by atoms with van der Waals surface area (Å²) in [6.07, 6.45) is 1.79. The number of methoxy groups -OCH3 is 1. The number of hydrogen-bond acceptors (Lipinski definition) is 4. The zero-order chi connectivity index (χ0) is 20.0. The van der Waals surface area contributed by atoms with Crippen molar-refractivity contribution >= 4 is 17.7 Å². The Labute approximate surface area is 168 Å². The van der Waals surface area contributed by atoms with Crippen LogP contribution in [0, 0.1) is 12.8 Å². The number of nitrogens with zero attached hydrogens (tertiary/aromatic N) is 1. The van der Waals surface area contributed by atoms with Crippen molar-refractivity contribution in [1.29, 1.82) is 0 Å². The molecular weight excluding hydrogens is 364 g/mol. The van der Waals surface area contributed by atoms with Crippen LogP contribution in [0.25, 0.3) is 0 Å². The third kappa shape index (κ3) is 6.37. The normalized spacial score (nSPS) is 19.6. The summed E-state index contributed by atoms with van der Waals surface area (Å²) in [6.45, 7) is 11.8. The minimum absolute atomic E-state index is 0.0479. The summed E-state index contributed by atoms with van der Waals surface area (Å²) in [5, 5.41) is 3.40. The van der Waals surface area contributed by atoms with Gasteiger partial charge in [0.05, 0.1) is 19.8 Å². The van der Waals surface area contributed by atoms with Gasteiger partial charge in [-0.3, -0.25) is 4.90 Å². The number of amides is 1. The maximum atomic E-state index is 11.3. The summed E-state index contributed by atoms with van der Waals surface area (Å²) in [5.74, 6) is 0.383. The Bertz CT molecular complexity index is 630. The molecule has 152 valence electrons. The van der Waals surface area contributed by atoms with Crippen molar-refractivity contribution in [3.8, 4) is 0 Å². The first-order valence-corrected chi connectivity index (χ1v) is 10.0. The number of ether oxygens (including phenoxy) is 2. The van der Waals surface area contributed by atoms with E-state index in [1.54, 1.807) is 0 Å². The van der Waals surface area contributed by atoms with Gasteiger partial charge in [-0.15, -0.1) is 0 Å². The van der Waals surface area contributed by atoms with E-state index in [2.05, 4.69) is 42.6 Å². The number of carbonyl (C=O) groups excluding carboxylic acids is 1. The number of likely N-dealkylation sites (tertiary alicyclic amines) is 1. The van der Waals surface area contributed by atoms with Gasteiger partial charge in [0, 0.05) is 29.6 Å². The van der Waals surface area contributed by atoms with Gasteiger partial charge in [-0.1, -0.05) is 17.7 Å². The van der Waals surface area contributed by atoms with Crippen molar-refractivity contribution in [2.45, 2.75) is 52.2 Å². The summed E-state index contributed by atoms with van der Waals surface area (Å²) in [6, 6.07) is 5.98. The minimum atomic E-state index is -0.439. The molecule has 2 rings (SSSR count). The van der Waals surface area contributed by atoms with Crippen molar-refractivity contribution in [2.24, 2.45) is 5.92 Å². The molecule has 1 aliphatic heterocycles. The number of nitrogens with one attached hydrogen (secondary N) is 1. The molecule has 1 heterocycles. The molecular formula is C21H33ClN2O3. The standard InChI is InChI=1S/C21H33ClN2O3/c1-15-8-9-17(22)13-18(15)19(27-12-10-23-20(25)26-5)16-7-6-11-24(14-16)21(2,3)4/h8-9,13,16,19H,6-7,10-12,14H2,1-5H3,(H,23,25)/t16-,19-/m1/s1. The molecule has 1 N–H and O–H groups in total. The van der Waals surface area contributed by atoms with Crippen molar-refractivity contribution in [3.05, 3.63) is 34.3 Å². The molecule has 0 aromatic heterocycles. The van der Waals surface area contributed by atoms with E-state index in [1.807, 2.05) is 18.2 Å². The molecule has 1 aromatic carbocycles. The van der Waals surface area contributed by atoms with E-state index < -0.39 is 6.09 Å². The van der Waals surface area contributed by atoms with Gasteiger partial charge in [-0.2, -0.15) is 0 Å². The summed E-state index contributed by atoms with van der Waals surface area (Å²) in [4.78, 5) is 13.8. The van der Waals surface area contributed by atoms with Crippen LogP contribution in [0.2, 0.25) is 5.02 Å². The van der Waals surface area contributed by atoms with Gasteiger partial charge < -0.3 is 14.8 Å². The topological polar surface area (TPSA) is 50.8 Å². The van der Waals surface area contributed by atoms with Crippen LogP contribution in [-0.4, -0.2) is 49.9 Å². The third-order valence-corrected chi connectivity index (χ3v) is 5.47. The minimum Gasteiger partial charge on any atom is -0.453 e. The fourth-order valence-electron chi connectivity index (χ4n) is 3.68. The highest BCUT2D eigenvalue weighted by molar-refractivity contribution is 6.30. The lowest BCUT2D eigenvalue weighted by molar-refractivity contribution is -0.0304. The monoisotopic (exact) mass is 396 g/mol. The maximum absolute atomic E-state index is 11.3. The molecule has 1 saturated heterocycles. The quantitative estimate of drug-likeness (QED) is 0.715. The molecule has 1 aromatic rings. The number of benzene rings is 1. The number of piperidine rings is 1. The molecule has 0 unspecified atom stereocenters. The lowest BCUT2D eigenvalue weighted by Gasteiger charge is -2.44. The van der Waals surface area contributed by atoms with E-state index in [0.717, 1.165) is 36.5 Å². The van der Waals surface area contributed by atoms with E-state index in [4.69, 9.17) is 16.3 Å². The first kappa shape index (κ1) is 22.0. The number of aryl methyl sites for hydroxylation is 1. The Morgan fingerprint density at radius 3 is 2.81 bits per heavy atom. The van der Waals surface area contributed by atoms with Crippen molar-refractivity contribution in [1.82, 2.24) is 10.2 Å². The van der Waals surface area contributed by atoms with E-state index in [0.29, 0.717) is 19.1 Å². The van der Waals surface area contributed by atoms with E-state index >= 15 is 0 Å². The SMILES string of the molecule is COC(=O)NCCO[C@@H](c1cc(Cl)ccc1C)[C@@H]1CCCN(C(C)(C)C)C1. The van der Waals surface area contributed by atoms with Crippen molar-refractivity contribution in [3.63, 3.8) is 0 Å². The second-order valence-electron chi connectivity index (χ2n) is 8.23. The zero-order valence-electron chi connectivity index (χ0n) is 17.2. The number of hydrogen-bond donors (Lipinski definition) is 1.